The molecule has 1 aliphatic rings. The van der Waals surface area contributed by atoms with Crippen LogP contribution in [-0.2, 0) is 11.2 Å². The van der Waals surface area contributed by atoms with Crippen LogP contribution in [0.25, 0.3) is 0 Å². The van der Waals surface area contributed by atoms with E-state index in [1.54, 1.807) is 0 Å². The maximum atomic E-state index is 11.9. The summed E-state index contributed by atoms with van der Waals surface area (Å²) < 4.78 is 0. The van der Waals surface area contributed by atoms with Gasteiger partial charge in [-0.2, -0.15) is 0 Å². The topological polar surface area (TPSA) is 61.4 Å². The number of hydrogen-bond donors (Lipinski definition) is 3. The van der Waals surface area contributed by atoms with Crippen molar-refractivity contribution in [2.45, 2.75) is 31.9 Å². The second kappa shape index (κ2) is 5.29. The Hall–Kier alpha value is -1.39. The highest BCUT2D eigenvalue weighted by Gasteiger charge is 2.27. The molecule has 4 heteroatoms. The minimum atomic E-state index is -0.410. The molecule has 1 aromatic rings. The van der Waals surface area contributed by atoms with Crippen molar-refractivity contribution in [2.24, 2.45) is 0 Å². The molecule has 2 atom stereocenters. The number of nitrogens with one attached hydrogen (secondary N) is 2. The summed E-state index contributed by atoms with van der Waals surface area (Å²) in [7, 11) is 0. The highest BCUT2D eigenvalue weighted by molar-refractivity contribution is 5.95. The molecule has 1 amide bonds. The molecule has 0 bridgehead atoms. The quantitative estimate of drug-likeness (QED) is 0.728. The zero-order valence-corrected chi connectivity index (χ0v) is 9.94. The molecule has 0 radical (unpaired) electrons. The van der Waals surface area contributed by atoms with E-state index in [2.05, 4.69) is 17.6 Å². The largest absolute Gasteiger partial charge is 0.392 e. The van der Waals surface area contributed by atoms with Gasteiger partial charge in [0.25, 0.3) is 0 Å². The summed E-state index contributed by atoms with van der Waals surface area (Å²) in [5, 5.41) is 15.2. The van der Waals surface area contributed by atoms with Gasteiger partial charge in [-0.3, -0.25) is 4.79 Å². The van der Waals surface area contributed by atoms with E-state index in [4.69, 9.17) is 0 Å². The monoisotopic (exact) mass is 234 g/mol. The summed E-state index contributed by atoms with van der Waals surface area (Å²) >= 11 is 0. The Labute approximate surface area is 101 Å². The normalized spacial score (nSPS) is 23.6. The number of aliphatic hydroxyl groups is 1. The number of aryl methyl sites for hydroxylation is 1. The van der Waals surface area contributed by atoms with Crippen molar-refractivity contribution in [1.82, 2.24) is 5.32 Å². The Morgan fingerprint density at radius 1 is 1.59 bits per heavy atom. The van der Waals surface area contributed by atoms with Gasteiger partial charge >= 0.3 is 0 Å². The molecule has 3 N–H and O–H groups in total. The van der Waals surface area contributed by atoms with Crippen LogP contribution in [0.1, 0.15) is 18.9 Å². The molecule has 2 unspecified atom stereocenters. The highest BCUT2D eigenvalue weighted by atomic mass is 16.3. The smallest absolute Gasteiger partial charge is 0.241 e. The van der Waals surface area contributed by atoms with Crippen LogP contribution < -0.4 is 10.6 Å². The molecule has 17 heavy (non-hydrogen) atoms. The van der Waals surface area contributed by atoms with Crippen LogP contribution in [0.15, 0.2) is 24.3 Å². The molecule has 2 rings (SSSR count). The lowest BCUT2D eigenvalue weighted by Crippen LogP contribution is -2.35. The lowest BCUT2D eigenvalue weighted by Gasteiger charge is -2.11. The summed E-state index contributed by atoms with van der Waals surface area (Å²) in [6.07, 6.45) is 1.02. The summed E-state index contributed by atoms with van der Waals surface area (Å²) in [5.74, 6) is -0.0743. The first kappa shape index (κ1) is 12.1. The minimum absolute atomic E-state index is 0.0743. The van der Waals surface area contributed by atoms with Crippen LogP contribution in [0.3, 0.4) is 0 Å². The molecule has 0 aliphatic carbocycles. The van der Waals surface area contributed by atoms with Crippen molar-refractivity contribution in [2.75, 3.05) is 11.9 Å². The summed E-state index contributed by atoms with van der Waals surface area (Å²) in [6, 6.07) is 7.54. The van der Waals surface area contributed by atoms with Crippen molar-refractivity contribution < 1.29 is 9.90 Å². The number of amides is 1. The predicted molar refractivity (Wildman–Crippen MR) is 66.9 cm³/mol. The molecular formula is C13H18N2O2. The number of benzene rings is 1. The third-order valence-corrected chi connectivity index (χ3v) is 3.03. The average Bonchev–Trinajstić information content (AvgIpc) is 2.76. The van der Waals surface area contributed by atoms with Gasteiger partial charge in [-0.15, -0.1) is 0 Å². The molecule has 0 aromatic heterocycles. The number of hydrogen-bond acceptors (Lipinski definition) is 3. The zero-order valence-electron chi connectivity index (χ0n) is 9.94. The van der Waals surface area contributed by atoms with Crippen LogP contribution in [0, 0.1) is 0 Å². The molecule has 92 valence electrons. The van der Waals surface area contributed by atoms with E-state index in [9.17, 15) is 9.90 Å². The molecule has 1 aromatic carbocycles. The molecule has 1 aliphatic heterocycles. The lowest BCUT2D eigenvalue weighted by molar-refractivity contribution is -0.117. The van der Waals surface area contributed by atoms with Gasteiger partial charge in [-0.05, 0) is 30.5 Å². The SMILES string of the molecule is CCc1cccc(NC(=O)C2CC(O)CN2)c1. The summed E-state index contributed by atoms with van der Waals surface area (Å²) in [6.45, 7) is 2.57. The fraction of sp³-hybridized carbons (Fsp3) is 0.462. The van der Waals surface area contributed by atoms with Gasteiger partial charge in [-0.25, -0.2) is 0 Å². The average molecular weight is 234 g/mol. The van der Waals surface area contributed by atoms with E-state index < -0.39 is 6.10 Å². The summed E-state index contributed by atoms with van der Waals surface area (Å²) in [4.78, 5) is 11.9. The Balaban J connectivity index is 1.98. The number of anilines is 1. The van der Waals surface area contributed by atoms with Crippen molar-refractivity contribution >= 4 is 11.6 Å². The minimum Gasteiger partial charge on any atom is -0.392 e. The van der Waals surface area contributed by atoms with Gasteiger partial charge in [0.2, 0.25) is 5.91 Å². The van der Waals surface area contributed by atoms with E-state index in [-0.39, 0.29) is 11.9 Å². The van der Waals surface area contributed by atoms with Crippen LogP contribution >= 0.6 is 0 Å². The van der Waals surface area contributed by atoms with E-state index in [0.29, 0.717) is 13.0 Å². The number of rotatable bonds is 3. The Morgan fingerprint density at radius 3 is 3.06 bits per heavy atom. The molecule has 0 saturated carbocycles. The fourth-order valence-electron chi connectivity index (χ4n) is 2.02. The third kappa shape index (κ3) is 3.05. The van der Waals surface area contributed by atoms with Crippen molar-refractivity contribution in [3.05, 3.63) is 29.8 Å². The first-order valence-corrected chi connectivity index (χ1v) is 6.00. The predicted octanol–water partition coefficient (Wildman–Crippen LogP) is 0.910. The second-order valence-electron chi connectivity index (χ2n) is 4.39. The van der Waals surface area contributed by atoms with Crippen LogP contribution in [0.5, 0.6) is 0 Å². The van der Waals surface area contributed by atoms with Gasteiger partial charge in [0.1, 0.15) is 0 Å². The first-order chi connectivity index (χ1) is 8.19. The van der Waals surface area contributed by atoms with E-state index in [1.165, 1.54) is 5.56 Å². The van der Waals surface area contributed by atoms with Crippen LogP contribution in [-0.4, -0.2) is 29.7 Å². The molecule has 1 heterocycles. The third-order valence-electron chi connectivity index (χ3n) is 3.03. The maximum absolute atomic E-state index is 11.9. The molecule has 1 fully saturated rings. The lowest BCUT2D eigenvalue weighted by atomic mass is 10.1. The second-order valence-corrected chi connectivity index (χ2v) is 4.39. The number of aliphatic hydroxyl groups excluding tert-OH is 1. The van der Waals surface area contributed by atoms with Crippen LogP contribution in [0.4, 0.5) is 5.69 Å². The molecule has 0 spiro atoms. The van der Waals surface area contributed by atoms with E-state index in [0.717, 1.165) is 12.1 Å². The number of carbonyl (C=O) groups is 1. The molecule has 1 saturated heterocycles. The fourth-order valence-corrected chi connectivity index (χ4v) is 2.02. The Bertz CT molecular complexity index is 406. The van der Waals surface area contributed by atoms with Gasteiger partial charge in [0.05, 0.1) is 12.1 Å². The van der Waals surface area contributed by atoms with E-state index >= 15 is 0 Å². The standard InChI is InChI=1S/C13H18N2O2/c1-2-9-4-3-5-10(6-9)15-13(17)12-7-11(16)8-14-12/h3-6,11-12,14,16H,2,7-8H2,1H3,(H,15,17). The molecular weight excluding hydrogens is 216 g/mol. The van der Waals surface area contributed by atoms with Crippen molar-refractivity contribution in [3.63, 3.8) is 0 Å². The number of β-amino-alcohol motifs (C(OH)–C–C–N with tert-alkyl or cyclic N) is 1. The zero-order chi connectivity index (χ0) is 12.3. The van der Waals surface area contributed by atoms with Gasteiger partial charge in [0.15, 0.2) is 0 Å². The summed E-state index contributed by atoms with van der Waals surface area (Å²) in [5.41, 5.74) is 2.01. The van der Waals surface area contributed by atoms with E-state index in [1.807, 2.05) is 24.3 Å². The van der Waals surface area contributed by atoms with Crippen molar-refractivity contribution in [3.8, 4) is 0 Å². The van der Waals surface area contributed by atoms with Gasteiger partial charge in [-0.1, -0.05) is 19.1 Å². The Kier molecular flexibility index (Phi) is 3.76. The van der Waals surface area contributed by atoms with Crippen molar-refractivity contribution in [1.29, 1.82) is 0 Å². The molecule has 4 nitrogen and oxygen atoms in total. The van der Waals surface area contributed by atoms with Crippen LogP contribution in [0.2, 0.25) is 0 Å². The Morgan fingerprint density at radius 2 is 2.41 bits per heavy atom. The van der Waals surface area contributed by atoms with Gasteiger partial charge in [0, 0.05) is 12.2 Å². The number of carbonyl (C=O) groups excluding carboxylic acids is 1. The first-order valence-electron chi connectivity index (χ1n) is 6.00. The van der Waals surface area contributed by atoms with Gasteiger partial charge < -0.3 is 15.7 Å². The highest BCUT2D eigenvalue weighted by Crippen LogP contribution is 2.13. The maximum Gasteiger partial charge on any atom is 0.241 e.